The summed E-state index contributed by atoms with van der Waals surface area (Å²) in [6.45, 7) is 0. The molecule has 0 atom stereocenters. The van der Waals surface area contributed by atoms with E-state index in [-0.39, 0.29) is 5.69 Å². The van der Waals surface area contributed by atoms with Crippen LogP contribution < -0.4 is 10.3 Å². The summed E-state index contributed by atoms with van der Waals surface area (Å²) in [5, 5.41) is -0.405. The van der Waals surface area contributed by atoms with Gasteiger partial charge in [-0.2, -0.15) is 21.6 Å². The van der Waals surface area contributed by atoms with Gasteiger partial charge in [0.2, 0.25) is 0 Å². The molecule has 0 aliphatic heterocycles. The van der Waals surface area contributed by atoms with E-state index in [0.29, 0.717) is 6.07 Å². The molecule has 1 aromatic heterocycles. The lowest BCUT2D eigenvalue weighted by molar-refractivity contribution is -0.136. The molecule has 2 aromatic rings. The molecule has 1 aromatic carbocycles. The molecule has 10 heteroatoms. The predicted octanol–water partition coefficient (Wildman–Crippen LogP) is 2.03. The van der Waals surface area contributed by atoms with Crippen LogP contribution in [0, 0.1) is 0 Å². The topological polar surface area (TPSA) is 96.6 Å². The molecule has 0 spiro atoms. The highest BCUT2D eigenvalue weighted by Gasteiger charge is 2.33. The van der Waals surface area contributed by atoms with Crippen molar-refractivity contribution in [3.63, 3.8) is 0 Å². The Balaban J connectivity index is 2.69. The predicted molar refractivity (Wildman–Crippen MR) is 62.7 cm³/mol. The number of fused-ring (bicyclic) bond motifs is 1. The van der Waals surface area contributed by atoms with Gasteiger partial charge < -0.3 is 4.42 Å². The van der Waals surface area contributed by atoms with E-state index in [1.807, 2.05) is 0 Å². The van der Waals surface area contributed by atoms with Crippen molar-refractivity contribution in [2.75, 3.05) is 4.72 Å². The molecular weight excluding hydrogens is 303 g/mol. The minimum Gasteiger partial charge on any atom is -0.423 e. The minimum atomic E-state index is -4.76. The Morgan fingerprint density at radius 1 is 1.20 bits per heavy atom. The summed E-state index contributed by atoms with van der Waals surface area (Å²) in [6, 6.07) is 3.08. The van der Waals surface area contributed by atoms with E-state index in [1.54, 1.807) is 4.72 Å². The van der Waals surface area contributed by atoms with Crippen LogP contribution in [0.1, 0.15) is 5.56 Å². The van der Waals surface area contributed by atoms with Crippen molar-refractivity contribution < 1.29 is 30.6 Å². The number of hydrogen-bond donors (Lipinski definition) is 2. The fourth-order valence-corrected chi connectivity index (χ4v) is 2.03. The van der Waals surface area contributed by atoms with E-state index in [1.165, 1.54) is 0 Å². The number of hydrogen-bond acceptors (Lipinski definition) is 4. The normalized spacial score (nSPS) is 12.6. The van der Waals surface area contributed by atoms with Crippen LogP contribution in [-0.2, 0) is 16.5 Å². The van der Waals surface area contributed by atoms with Gasteiger partial charge in [0.25, 0.3) is 0 Å². The molecular formula is C10H6F3NO5S. The fourth-order valence-electron chi connectivity index (χ4n) is 1.61. The first-order valence-electron chi connectivity index (χ1n) is 4.96. The third kappa shape index (κ3) is 3.08. The van der Waals surface area contributed by atoms with Gasteiger partial charge in [0.15, 0.2) is 0 Å². The van der Waals surface area contributed by atoms with Crippen LogP contribution in [0.5, 0.6) is 0 Å². The number of alkyl halides is 3. The van der Waals surface area contributed by atoms with Crippen LogP contribution in [0.15, 0.2) is 33.5 Å². The lowest BCUT2D eigenvalue weighted by atomic mass is 10.1. The van der Waals surface area contributed by atoms with Crippen LogP contribution >= 0.6 is 0 Å². The third-order valence-corrected chi connectivity index (χ3v) is 2.79. The summed E-state index contributed by atoms with van der Waals surface area (Å²) >= 11 is 0. The second-order valence-corrected chi connectivity index (χ2v) is 4.92. The van der Waals surface area contributed by atoms with Gasteiger partial charge in [-0.1, -0.05) is 0 Å². The molecule has 20 heavy (non-hydrogen) atoms. The average Bonchev–Trinajstić information content (AvgIpc) is 2.23. The van der Waals surface area contributed by atoms with Crippen molar-refractivity contribution in [1.29, 1.82) is 0 Å². The summed E-state index contributed by atoms with van der Waals surface area (Å²) in [5.74, 6) is 0. The Labute approximate surface area is 109 Å². The fraction of sp³-hybridized carbons (Fsp3) is 0.100. The monoisotopic (exact) mass is 309 g/mol. The van der Waals surface area contributed by atoms with E-state index in [0.717, 1.165) is 18.2 Å². The Morgan fingerprint density at radius 3 is 2.40 bits per heavy atom. The molecule has 6 nitrogen and oxygen atoms in total. The largest absolute Gasteiger partial charge is 0.423 e. The summed E-state index contributed by atoms with van der Waals surface area (Å²) in [5.41, 5.74) is -3.13. The molecule has 1 heterocycles. The Bertz CT molecular complexity index is 825. The van der Waals surface area contributed by atoms with Crippen molar-refractivity contribution in [3.8, 4) is 0 Å². The summed E-state index contributed by atoms with van der Waals surface area (Å²) in [7, 11) is -4.59. The number of halogens is 3. The van der Waals surface area contributed by atoms with Crippen molar-refractivity contribution in [2.24, 2.45) is 0 Å². The zero-order valence-electron chi connectivity index (χ0n) is 9.43. The van der Waals surface area contributed by atoms with Crippen molar-refractivity contribution in [2.45, 2.75) is 6.18 Å². The summed E-state index contributed by atoms with van der Waals surface area (Å²) < 4.78 is 74.2. The quantitative estimate of drug-likeness (QED) is 0.653. The van der Waals surface area contributed by atoms with Gasteiger partial charge in [-0.25, -0.2) is 4.79 Å². The zero-order chi connectivity index (χ0) is 15.1. The molecule has 0 unspecified atom stereocenters. The van der Waals surface area contributed by atoms with E-state index < -0.39 is 38.6 Å². The summed E-state index contributed by atoms with van der Waals surface area (Å²) in [4.78, 5) is 11.1. The molecule has 0 bridgehead atoms. The lowest BCUT2D eigenvalue weighted by Gasteiger charge is -2.10. The van der Waals surface area contributed by atoms with Gasteiger partial charge in [0.1, 0.15) is 5.58 Å². The molecule has 2 N–H and O–H groups in total. The van der Waals surface area contributed by atoms with Gasteiger partial charge in [0, 0.05) is 17.5 Å². The van der Waals surface area contributed by atoms with Crippen molar-refractivity contribution >= 4 is 27.0 Å². The number of anilines is 1. The maximum absolute atomic E-state index is 12.7. The van der Waals surface area contributed by atoms with Gasteiger partial charge in [-0.3, -0.25) is 9.27 Å². The van der Waals surface area contributed by atoms with Gasteiger partial charge in [0.05, 0.1) is 11.3 Å². The van der Waals surface area contributed by atoms with E-state index in [4.69, 9.17) is 4.55 Å². The number of benzene rings is 1. The first kappa shape index (κ1) is 14.3. The van der Waals surface area contributed by atoms with Gasteiger partial charge in [-0.15, -0.1) is 0 Å². The molecule has 0 amide bonds. The Kier molecular flexibility index (Phi) is 3.22. The highest BCUT2D eigenvalue weighted by molar-refractivity contribution is 7.87. The average molecular weight is 309 g/mol. The Hall–Kier alpha value is -2.07. The van der Waals surface area contributed by atoms with Crippen LogP contribution in [0.3, 0.4) is 0 Å². The first-order valence-corrected chi connectivity index (χ1v) is 6.40. The third-order valence-electron chi connectivity index (χ3n) is 2.30. The maximum atomic E-state index is 12.7. The highest BCUT2D eigenvalue weighted by Crippen LogP contribution is 2.34. The lowest BCUT2D eigenvalue weighted by Crippen LogP contribution is -2.12. The molecule has 0 aliphatic carbocycles. The SMILES string of the molecule is O=c1cc(C(F)(F)F)c2ccc(NS(=O)(=O)O)cc2o1. The van der Waals surface area contributed by atoms with Crippen LogP contribution in [-0.4, -0.2) is 13.0 Å². The van der Waals surface area contributed by atoms with Crippen molar-refractivity contribution in [3.05, 3.63) is 40.2 Å². The zero-order valence-corrected chi connectivity index (χ0v) is 10.2. The van der Waals surface area contributed by atoms with Crippen LogP contribution in [0.4, 0.5) is 18.9 Å². The van der Waals surface area contributed by atoms with Crippen LogP contribution in [0.25, 0.3) is 11.0 Å². The highest BCUT2D eigenvalue weighted by atomic mass is 32.2. The maximum Gasteiger partial charge on any atom is 0.417 e. The molecule has 2 rings (SSSR count). The molecule has 0 fully saturated rings. The number of nitrogens with one attached hydrogen (secondary N) is 1. The molecule has 0 aliphatic rings. The summed E-state index contributed by atoms with van der Waals surface area (Å²) in [6.07, 6.45) is -4.76. The molecule has 108 valence electrons. The number of rotatable bonds is 2. The van der Waals surface area contributed by atoms with E-state index >= 15 is 0 Å². The van der Waals surface area contributed by atoms with E-state index in [2.05, 4.69) is 4.42 Å². The van der Waals surface area contributed by atoms with E-state index in [9.17, 15) is 26.4 Å². The second kappa shape index (κ2) is 4.49. The Morgan fingerprint density at radius 2 is 1.85 bits per heavy atom. The molecule has 0 radical (unpaired) electrons. The van der Waals surface area contributed by atoms with Gasteiger partial charge >= 0.3 is 22.1 Å². The smallest absolute Gasteiger partial charge is 0.417 e. The van der Waals surface area contributed by atoms with Crippen LogP contribution in [0.2, 0.25) is 0 Å². The standard InChI is InChI=1S/C10H6F3NO5S/c11-10(12,13)7-4-9(15)19-8-3-5(1-2-6(7)8)14-20(16,17)18/h1-4,14H,(H,16,17,18). The minimum absolute atomic E-state index is 0.248. The van der Waals surface area contributed by atoms with Crippen molar-refractivity contribution in [1.82, 2.24) is 0 Å². The molecule has 0 saturated carbocycles. The van der Waals surface area contributed by atoms with Gasteiger partial charge in [-0.05, 0) is 12.1 Å². The second-order valence-electron chi connectivity index (χ2n) is 3.76. The first-order chi connectivity index (χ1) is 9.06. The molecule has 0 saturated heterocycles.